The molecule has 0 bridgehead atoms. The molecule has 1 atom stereocenters. The molecule has 1 heterocycles. The van der Waals surface area contributed by atoms with Crippen LogP contribution in [-0.4, -0.2) is 26.1 Å². The lowest BCUT2D eigenvalue weighted by molar-refractivity contribution is -0.144. The summed E-state index contributed by atoms with van der Waals surface area (Å²) in [7, 11) is 0.639. The number of hydrogen-bond acceptors (Lipinski definition) is 3. The zero-order chi connectivity index (χ0) is 19.3. The van der Waals surface area contributed by atoms with Crippen LogP contribution in [0.3, 0.4) is 0 Å². The Balaban J connectivity index is 2.80. The van der Waals surface area contributed by atoms with Gasteiger partial charge >= 0.3 is 23.8 Å². The number of aromatic nitrogens is 2. The van der Waals surface area contributed by atoms with Crippen molar-refractivity contribution in [1.82, 2.24) is 9.13 Å². The minimum absolute atomic E-state index is 0.0201. The third kappa shape index (κ3) is 3.23. The van der Waals surface area contributed by atoms with Crippen LogP contribution in [-0.2, 0) is 18.0 Å². The lowest BCUT2D eigenvalue weighted by atomic mass is 9.98. The molecule has 12 heteroatoms. The molecule has 2 rings (SSSR count). The Morgan fingerprint density at radius 1 is 1.32 bits per heavy atom. The first-order valence-corrected chi connectivity index (χ1v) is 6.77. The molecule has 1 aliphatic carbocycles. The van der Waals surface area contributed by atoms with Crippen molar-refractivity contribution in [1.29, 1.82) is 0 Å². The maximum Gasteiger partial charge on any atom is 0.431 e. The SMILES string of the molecule is Cn1c(C(F)(F)F)cc(=O)n(C2=CC(C(=O)O)C(Cl)=CC2(F)F)c1=O. The highest BCUT2D eigenvalue weighted by molar-refractivity contribution is 6.31. The molecular weight excluding hydrogens is 379 g/mol. The van der Waals surface area contributed by atoms with Gasteiger partial charge in [-0.15, -0.1) is 0 Å². The van der Waals surface area contributed by atoms with Crippen LogP contribution in [0.1, 0.15) is 5.69 Å². The Hall–Kier alpha value is -2.43. The maximum absolute atomic E-state index is 14.1. The van der Waals surface area contributed by atoms with Gasteiger partial charge in [-0.2, -0.15) is 22.0 Å². The molecule has 6 nitrogen and oxygen atoms in total. The second kappa shape index (κ2) is 5.83. The lowest BCUT2D eigenvalue weighted by Gasteiger charge is -2.25. The van der Waals surface area contributed by atoms with Crippen molar-refractivity contribution in [3.63, 3.8) is 0 Å². The van der Waals surface area contributed by atoms with Crippen LogP contribution in [0.5, 0.6) is 0 Å². The normalized spacial score (nSPS) is 20.0. The lowest BCUT2D eigenvalue weighted by Crippen LogP contribution is -2.45. The second-order valence-corrected chi connectivity index (χ2v) is 5.50. The first-order valence-electron chi connectivity index (χ1n) is 6.39. The summed E-state index contributed by atoms with van der Waals surface area (Å²) < 4.78 is 66.3. The largest absolute Gasteiger partial charge is 0.481 e. The number of rotatable bonds is 2. The number of aliphatic carboxylic acids is 1. The Morgan fingerprint density at radius 2 is 1.88 bits per heavy atom. The minimum Gasteiger partial charge on any atom is -0.481 e. The van der Waals surface area contributed by atoms with Crippen LogP contribution in [0, 0.1) is 5.92 Å². The second-order valence-electron chi connectivity index (χ2n) is 5.06. The number of nitrogens with zero attached hydrogens (tertiary/aromatic N) is 2. The topological polar surface area (TPSA) is 81.3 Å². The van der Waals surface area contributed by atoms with E-state index in [2.05, 4.69) is 0 Å². The molecule has 1 unspecified atom stereocenters. The highest BCUT2D eigenvalue weighted by atomic mass is 35.5. The molecule has 0 aliphatic heterocycles. The third-order valence-electron chi connectivity index (χ3n) is 3.40. The molecule has 0 spiro atoms. The summed E-state index contributed by atoms with van der Waals surface area (Å²) in [6.07, 6.45) is -4.70. The average molecular weight is 387 g/mol. The molecule has 1 aliphatic rings. The van der Waals surface area contributed by atoms with Crippen LogP contribution in [0.4, 0.5) is 22.0 Å². The van der Waals surface area contributed by atoms with Gasteiger partial charge in [0.2, 0.25) is 0 Å². The minimum atomic E-state index is -5.07. The van der Waals surface area contributed by atoms with Gasteiger partial charge in [-0.25, -0.2) is 9.36 Å². The molecule has 1 N–H and O–H groups in total. The molecule has 136 valence electrons. The van der Waals surface area contributed by atoms with E-state index in [0.29, 0.717) is 13.1 Å². The zero-order valence-electron chi connectivity index (χ0n) is 12.1. The van der Waals surface area contributed by atoms with E-state index in [-0.39, 0.29) is 21.3 Å². The first kappa shape index (κ1) is 18.9. The molecule has 0 saturated carbocycles. The van der Waals surface area contributed by atoms with E-state index < -0.39 is 51.7 Å². The Morgan fingerprint density at radius 3 is 2.36 bits per heavy atom. The smallest absolute Gasteiger partial charge is 0.431 e. The van der Waals surface area contributed by atoms with Crippen molar-refractivity contribution in [3.8, 4) is 0 Å². The molecule has 0 radical (unpaired) electrons. The standard InChI is InChI=1S/C13H8ClF5N2O4/c1-20-8(13(17,18)19)3-9(22)21(11(20)25)7-2-5(10(23)24)6(14)4-12(7,15)16/h2-5H,1H3,(H,23,24). The quantitative estimate of drug-likeness (QED) is 0.787. The number of alkyl halides is 5. The number of halogens is 6. The van der Waals surface area contributed by atoms with Crippen molar-refractivity contribution in [2.45, 2.75) is 12.1 Å². The van der Waals surface area contributed by atoms with Gasteiger partial charge in [0.15, 0.2) is 0 Å². The van der Waals surface area contributed by atoms with Gasteiger partial charge in [0.1, 0.15) is 17.3 Å². The van der Waals surface area contributed by atoms with E-state index in [0.717, 1.165) is 0 Å². The molecule has 0 saturated heterocycles. The highest BCUT2D eigenvalue weighted by Crippen LogP contribution is 2.38. The van der Waals surface area contributed by atoms with Crippen LogP contribution in [0.25, 0.3) is 5.70 Å². The van der Waals surface area contributed by atoms with Crippen molar-refractivity contribution < 1.29 is 31.9 Å². The van der Waals surface area contributed by atoms with E-state index in [9.17, 15) is 36.3 Å². The van der Waals surface area contributed by atoms with E-state index in [1.54, 1.807) is 0 Å². The molecule has 25 heavy (non-hydrogen) atoms. The Labute approximate surface area is 140 Å². The maximum atomic E-state index is 14.1. The number of hydrogen-bond donors (Lipinski definition) is 1. The average Bonchev–Trinajstić information content (AvgIpc) is 2.42. The first-order chi connectivity index (χ1) is 11.3. The summed E-state index contributed by atoms with van der Waals surface area (Å²) in [4.78, 5) is 35.0. The van der Waals surface area contributed by atoms with E-state index in [1.807, 2.05) is 0 Å². The predicted octanol–water partition coefficient (Wildman–Crippen LogP) is 1.88. The van der Waals surface area contributed by atoms with Crippen molar-refractivity contribution >= 4 is 23.3 Å². The van der Waals surface area contributed by atoms with Crippen molar-refractivity contribution in [2.75, 3.05) is 0 Å². The molecule has 1 aromatic heterocycles. The number of carbonyl (C=O) groups is 1. The molecule has 0 amide bonds. The van der Waals surface area contributed by atoms with E-state index in [4.69, 9.17) is 16.7 Å². The summed E-state index contributed by atoms with van der Waals surface area (Å²) in [5.74, 6) is -7.47. The third-order valence-corrected chi connectivity index (χ3v) is 3.74. The highest BCUT2D eigenvalue weighted by Gasteiger charge is 2.43. The van der Waals surface area contributed by atoms with Crippen LogP contribution >= 0.6 is 11.6 Å². The number of allylic oxidation sites excluding steroid dienone is 2. The van der Waals surface area contributed by atoms with E-state index in [1.165, 1.54) is 0 Å². The summed E-state index contributed by atoms with van der Waals surface area (Å²) in [6, 6.07) is -0.0337. The van der Waals surface area contributed by atoms with E-state index >= 15 is 0 Å². The fourth-order valence-electron chi connectivity index (χ4n) is 2.22. The molecular formula is C13H8ClF5N2O4. The van der Waals surface area contributed by atoms with Crippen LogP contribution < -0.4 is 11.2 Å². The van der Waals surface area contributed by atoms with Crippen molar-refractivity contribution in [2.24, 2.45) is 13.0 Å². The Bertz CT molecular complexity index is 926. The van der Waals surface area contributed by atoms with Gasteiger partial charge in [-0.05, 0) is 6.08 Å². The molecule has 1 aromatic rings. The fourth-order valence-corrected chi connectivity index (χ4v) is 2.51. The van der Waals surface area contributed by atoms with Gasteiger partial charge in [0.25, 0.3) is 5.56 Å². The summed E-state index contributed by atoms with van der Waals surface area (Å²) in [5.41, 5.74) is -6.41. The van der Waals surface area contributed by atoms with Crippen molar-refractivity contribution in [3.05, 3.63) is 49.8 Å². The van der Waals surface area contributed by atoms with Gasteiger partial charge in [0.05, 0.1) is 0 Å². The summed E-state index contributed by atoms with van der Waals surface area (Å²) in [6.45, 7) is 0. The Kier molecular flexibility index (Phi) is 4.41. The number of carboxylic acid groups (broad SMARTS) is 1. The monoisotopic (exact) mass is 386 g/mol. The molecule has 0 aromatic carbocycles. The zero-order valence-corrected chi connectivity index (χ0v) is 12.9. The van der Waals surface area contributed by atoms with Gasteiger partial charge in [-0.1, -0.05) is 11.6 Å². The van der Waals surface area contributed by atoms with Gasteiger partial charge in [-0.3, -0.25) is 14.2 Å². The molecule has 0 fully saturated rings. The fraction of sp³-hybridized carbons (Fsp3) is 0.308. The number of carboxylic acids is 1. The summed E-state index contributed by atoms with van der Waals surface area (Å²) >= 11 is 5.45. The van der Waals surface area contributed by atoms with Gasteiger partial charge in [0, 0.05) is 24.2 Å². The predicted molar refractivity (Wildman–Crippen MR) is 75.2 cm³/mol. The van der Waals surface area contributed by atoms with Crippen LogP contribution in [0.2, 0.25) is 0 Å². The van der Waals surface area contributed by atoms with Gasteiger partial charge < -0.3 is 5.11 Å². The van der Waals surface area contributed by atoms with Crippen LogP contribution in [0.15, 0.2) is 32.8 Å². The summed E-state index contributed by atoms with van der Waals surface area (Å²) in [5, 5.41) is 8.19.